The van der Waals surface area contributed by atoms with E-state index in [1.165, 1.54) is 12.1 Å². The molecule has 8 nitrogen and oxygen atoms in total. The van der Waals surface area contributed by atoms with Crippen LogP contribution in [-0.2, 0) is 21.4 Å². The van der Waals surface area contributed by atoms with Crippen LogP contribution in [0.5, 0.6) is 0 Å². The van der Waals surface area contributed by atoms with E-state index in [4.69, 9.17) is 33.2 Å². The van der Waals surface area contributed by atoms with Crippen LogP contribution in [0.15, 0.2) is 106 Å². The Morgan fingerprint density at radius 1 is 0.952 bits per heavy atom. The van der Waals surface area contributed by atoms with Crippen molar-refractivity contribution in [1.29, 1.82) is 0 Å². The number of nitrogens with zero attached hydrogens (tertiary/aromatic N) is 4. The average Bonchev–Trinajstić information content (AvgIpc) is 2.96. The fourth-order valence-corrected chi connectivity index (χ4v) is 6.27. The molecule has 214 valence electrons. The van der Waals surface area contributed by atoms with Gasteiger partial charge in [-0.15, -0.1) is 0 Å². The van der Waals surface area contributed by atoms with Crippen molar-refractivity contribution in [1.82, 2.24) is 4.31 Å². The molecule has 1 aliphatic heterocycles. The molecule has 0 saturated heterocycles. The van der Waals surface area contributed by atoms with E-state index in [0.717, 1.165) is 15.6 Å². The number of amides is 1. The van der Waals surface area contributed by atoms with Crippen LogP contribution in [0.1, 0.15) is 11.1 Å². The van der Waals surface area contributed by atoms with Crippen molar-refractivity contribution in [3.05, 3.63) is 112 Å². The molecule has 4 aromatic rings. The first-order valence-corrected chi connectivity index (χ1v) is 15.1. The number of carbonyl (C=O) groups excluding carboxylic acids is 1. The lowest BCUT2D eigenvalue weighted by Crippen LogP contribution is -2.46. The van der Waals surface area contributed by atoms with Gasteiger partial charge in [0.15, 0.2) is 11.5 Å². The first-order chi connectivity index (χ1) is 20.0. The summed E-state index contributed by atoms with van der Waals surface area (Å²) in [5.41, 5.74) is 3.15. The van der Waals surface area contributed by atoms with Crippen LogP contribution in [0.3, 0.4) is 0 Å². The fraction of sp³-hybridized carbons (Fsp3) is 0.129. The molecule has 1 aliphatic rings. The molecule has 0 aliphatic carbocycles. The minimum Gasteiger partial charge on any atom is -0.378 e. The third-order valence-electron chi connectivity index (χ3n) is 6.60. The second-order valence-corrected chi connectivity index (χ2v) is 12.5. The standard InChI is InChI=1S/C31H27Cl2N5O3S/c1-20-17-23(37(2)3)14-16-25(20)34-29(31(39)36-27-18-22(32)13-15-24(27)33)30-35-26-11-7-8-12-28(26)42(40,41)38(30)19-21-9-5-4-6-10-21/h4-18H,19H2,1-3H3,(H,36,39)/b34-29-. The smallest absolute Gasteiger partial charge is 0.278 e. The number of hydrogen-bond donors (Lipinski definition) is 1. The average molecular weight is 621 g/mol. The van der Waals surface area contributed by atoms with Gasteiger partial charge in [-0.1, -0.05) is 65.7 Å². The van der Waals surface area contributed by atoms with Crippen molar-refractivity contribution in [3.63, 3.8) is 0 Å². The predicted octanol–water partition coefficient (Wildman–Crippen LogP) is 7.01. The molecular weight excluding hydrogens is 593 g/mol. The molecule has 0 aromatic heterocycles. The molecule has 0 fully saturated rings. The summed E-state index contributed by atoms with van der Waals surface area (Å²) >= 11 is 12.5. The molecule has 0 atom stereocenters. The molecule has 5 rings (SSSR count). The Morgan fingerprint density at radius 3 is 2.38 bits per heavy atom. The predicted molar refractivity (Wildman–Crippen MR) is 170 cm³/mol. The number of hydrogen-bond acceptors (Lipinski definition) is 6. The number of amidine groups is 1. The summed E-state index contributed by atoms with van der Waals surface area (Å²) in [7, 11) is -0.284. The number of aliphatic imine (C=N–C) groups is 2. The van der Waals surface area contributed by atoms with Crippen LogP contribution < -0.4 is 10.2 Å². The van der Waals surface area contributed by atoms with Crippen molar-refractivity contribution in [2.45, 2.75) is 18.4 Å². The van der Waals surface area contributed by atoms with E-state index in [0.29, 0.717) is 16.3 Å². The highest BCUT2D eigenvalue weighted by atomic mass is 35.5. The second kappa shape index (κ2) is 12.0. The van der Waals surface area contributed by atoms with E-state index < -0.39 is 15.9 Å². The number of fused-ring (bicyclic) bond motifs is 1. The molecule has 11 heteroatoms. The molecule has 1 N–H and O–H groups in total. The minimum absolute atomic E-state index is 0.0360. The van der Waals surface area contributed by atoms with E-state index in [2.05, 4.69) is 5.32 Å². The minimum atomic E-state index is -4.13. The first kappa shape index (κ1) is 29.3. The lowest BCUT2D eigenvalue weighted by atomic mass is 10.1. The van der Waals surface area contributed by atoms with E-state index in [9.17, 15) is 13.2 Å². The van der Waals surface area contributed by atoms with Gasteiger partial charge in [0.1, 0.15) is 4.90 Å². The summed E-state index contributed by atoms with van der Waals surface area (Å²) in [5, 5.41) is 3.37. The van der Waals surface area contributed by atoms with Gasteiger partial charge in [-0.3, -0.25) is 4.79 Å². The molecule has 1 amide bonds. The lowest BCUT2D eigenvalue weighted by molar-refractivity contribution is -0.110. The summed E-state index contributed by atoms with van der Waals surface area (Å²) in [5.74, 6) is -0.828. The van der Waals surface area contributed by atoms with E-state index in [1.54, 1.807) is 48.5 Å². The zero-order valence-corrected chi connectivity index (χ0v) is 25.4. The Hall–Kier alpha value is -4.18. The number of rotatable bonds is 7. The third kappa shape index (κ3) is 6.04. The molecule has 42 heavy (non-hydrogen) atoms. The fourth-order valence-electron chi connectivity index (χ4n) is 4.39. The van der Waals surface area contributed by atoms with Gasteiger partial charge in [-0.05, 0) is 66.6 Å². The van der Waals surface area contributed by atoms with E-state index in [1.807, 2.05) is 56.3 Å². The van der Waals surface area contributed by atoms with Crippen LogP contribution in [0.2, 0.25) is 10.0 Å². The van der Waals surface area contributed by atoms with Gasteiger partial charge in [-0.25, -0.2) is 22.7 Å². The number of halogens is 2. The normalized spacial score (nSPS) is 14.2. The van der Waals surface area contributed by atoms with Gasteiger partial charge in [0.25, 0.3) is 15.9 Å². The summed E-state index contributed by atoms with van der Waals surface area (Å²) in [6.45, 7) is 1.80. The van der Waals surface area contributed by atoms with Crippen LogP contribution in [0.25, 0.3) is 0 Å². The topological polar surface area (TPSA) is 94.4 Å². The van der Waals surface area contributed by atoms with Crippen molar-refractivity contribution in [2.75, 3.05) is 24.3 Å². The quantitative estimate of drug-likeness (QED) is 0.225. The molecule has 1 heterocycles. The van der Waals surface area contributed by atoms with E-state index in [-0.39, 0.29) is 39.4 Å². The molecule has 4 aromatic carbocycles. The van der Waals surface area contributed by atoms with Crippen LogP contribution >= 0.6 is 23.2 Å². The number of sulfonamides is 1. The number of carbonyl (C=O) groups is 1. The van der Waals surface area contributed by atoms with Gasteiger partial charge in [0, 0.05) is 24.8 Å². The zero-order valence-electron chi connectivity index (χ0n) is 23.0. The highest BCUT2D eigenvalue weighted by molar-refractivity contribution is 7.90. The highest BCUT2D eigenvalue weighted by Gasteiger charge is 2.38. The van der Waals surface area contributed by atoms with Crippen LogP contribution in [-0.4, -0.2) is 44.3 Å². The molecule has 0 unspecified atom stereocenters. The Morgan fingerprint density at radius 2 is 1.67 bits per heavy atom. The maximum absolute atomic E-state index is 14.1. The monoisotopic (exact) mass is 619 g/mol. The molecule has 0 spiro atoms. The summed E-state index contributed by atoms with van der Waals surface area (Å²) in [4.78, 5) is 25.5. The number of para-hydroxylation sites is 1. The van der Waals surface area contributed by atoms with Gasteiger partial charge >= 0.3 is 0 Å². The Kier molecular flexibility index (Phi) is 8.36. The van der Waals surface area contributed by atoms with Gasteiger partial charge in [-0.2, -0.15) is 0 Å². The SMILES string of the molecule is Cc1cc(N(C)C)ccc1/N=C(\C(=O)Nc1cc(Cl)ccc1Cl)C1=Nc2ccccc2S(=O)(=O)N1Cc1ccccc1. The molecule has 0 bridgehead atoms. The lowest BCUT2D eigenvalue weighted by Gasteiger charge is -2.30. The Bertz CT molecular complexity index is 1840. The van der Waals surface area contributed by atoms with Crippen LogP contribution in [0.4, 0.5) is 22.7 Å². The number of nitrogens with one attached hydrogen (secondary N) is 1. The van der Waals surface area contributed by atoms with Crippen LogP contribution in [0, 0.1) is 6.92 Å². The molecular formula is C31H27Cl2N5O3S. The first-order valence-electron chi connectivity index (χ1n) is 12.9. The zero-order chi connectivity index (χ0) is 30.0. The van der Waals surface area contributed by atoms with Crippen molar-refractivity contribution >= 4 is 73.4 Å². The Labute approximate surface area is 255 Å². The van der Waals surface area contributed by atoms with E-state index >= 15 is 0 Å². The summed E-state index contributed by atoms with van der Waals surface area (Å²) in [6, 6.07) is 25.7. The van der Waals surface area contributed by atoms with Crippen molar-refractivity contribution in [2.24, 2.45) is 9.98 Å². The number of benzene rings is 4. The van der Waals surface area contributed by atoms with Crippen molar-refractivity contribution < 1.29 is 13.2 Å². The van der Waals surface area contributed by atoms with Gasteiger partial charge in [0.05, 0.1) is 28.6 Å². The maximum atomic E-state index is 14.1. The number of anilines is 2. The summed E-state index contributed by atoms with van der Waals surface area (Å²) < 4.78 is 29.2. The van der Waals surface area contributed by atoms with Gasteiger partial charge < -0.3 is 10.2 Å². The summed E-state index contributed by atoms with van der Waals surface area (Å²) in [6.07, 6.45) is 0. The van der Waals surface area contributed by atoms with Crippen molar-refractivity contribution in [3.8, 4) is 0 Å². The maximum Gasteiger partial charge on any atom is 0.278 e. The number of aryl methyl sites for hydroxylation is 1. The molecule has 0 radical (unpaired) electrons. The third-order valence-corrected chi connectivity index (χ3v) is 8.95. The highest BCUT2D eigenvalue weighted by Crippen LogP contribution is 2.35. The molecule has 0 saturated carbocycles. The largest absolute Gasteiger partial charge is 0.378 e. The van der Waals surface area contributed by atoms with Gasteiger partial charge in [0.2, 0.25) is 0 Å². The Balaban J connectivity index is 1.72. The second-order valence-electron chi connectivity index (χ2n) is 9.80.